The number of aryl methyl sites for hydroxylation is 1. The molecule has 0 saturated carbocycles. The Hall–Kier alpha value is -1.11. The first kappa shape index (κ1) is 12.3. The molecule has 1 atom stereocenters. The van der Waals surface area contributed by atoms with Crippen LogP contribution in [-0.2, 0) is 6.42 Å². The van der Waals surface area contributed by atoms with E-state index < -0.39 is 0 Å². The fourth-order valence-electron chi connectivity index (χ4n) is 2.71. The van der Waals surface area contributed by atoms with Crippen molar-refractivity contribution in [2.24, 2.45) is 5.92 Å². The maximum atomic E-state index is 14.1. The number of hydrogen-bond donors (Lipinski definition) is 0. The molecule has 1 aliphatic rings. The summed E-state index contributed by atoms with van der Waals surface area (Å²) >= 11 is 0. The summed E-state index contributed by atoms with van der Waals surface area (Å²) in [5.74, 6) is 0.462. The van der Waals surface area contributed by atoms with Crippen molar-refractivity contribution in [1.82, 2.24) is 0 Å². The van der Waals surface area contributed by atoms with Crippen molar-refractivity contribution in [3.8, 4) is 0 Å². The molecule has 1 heteroatoms. The Morgan fingerprint density at radius 1 is 1.24 bits per heavy atom. The summed E-state index contributed by atoms with van der Waals surface area (Å²) in [6.45, 7) is 4.35. The maximum absolute atomic E-state index is 14.1. The Bertz CT molecular complexity index is 417. The fraction of sp³-hybridized carbons (Fsp3) is 0.500. The molecule has 0 amide bonds. The Balaban J connectivity index is 2.30. The number of halogens is 1. The van der Waals surface area contributed by atoms with Gasteiger partial charge in [-0.3, -0.25) is 0 Å². The van der Waals surface area contributed by atoms with Crippen LogP contribution in [0.3, 0.4) is 0 Å². The van der Waals surface area contributed by atoms with Crippen molar-refractivity contribution < 1.29 is 4.39 Å². The van der Waals surface area contributed by atoms with Gasteiger partial charge >= 0.3 is 0 Å². The van der Waals surface area contributed by atoms with Crippen molar-refractivity contribution in [1.29, 1.82) is 0 Å². The number of benzene rings is 1. The Morgan fingerprint density at radius 3 is 2.76 bits per heavy atom. The van der Waals surface area contributed by atoms with Crippen molar-refractivity contribution in [3.05, 3.63) is 41.2 Å². The minimum atomic E-state index is 0.118. The molecule has 0 bridgehead atoms. The largest absolute Gasteiger partial charge is 0.211 e. The van der Waals surface area contributed by atoms with E-state index in [1.807, 2.05) is 6.07 Å². The maximum Gasteiger partial charge on any atom is 0.104 e. The van der Waals surface area contributed by atoms with Crippen LogP contribution in [0.25, 0.3) is 5.57 Å². The SMILES string of the molecule is CCCCC(C)C1=C(F)CCc2ccccc21. The second kappa shape index (κ2) is 5.48. The van der Waals surface area contributed by atoms with Crippen LogP contribution < -0.4 is 0 Å². The second-order valence-corrected chi connectivity index (χ2v) is 5.02. The van der Waals surface area contributed by atoms with Crippen LogP contribution in [0.5, 0.6) is 0 Å². The molecule has 0 aromatic heterocycles. The number of allylic oxidation sites excluding steroid dienone is 2. The summed E-state index contributed by atoms with van der Waals surface area (Å²) in [5, 5.41) is 0. The molecule has 2 rings (SSSR count). The molecule has 1 aromatic carbocycles. The van der Waals surface area contributed by atoms with Crippen LogP contribution in [0.1, 0.15) is 50.7 Å². The van der Waals surface area contributed by atoms with E-state index in [4.69, 9.17) is 0 Å². The number of rotatable bonds is 4. The lowest BCUT2D eigenvalue weighted by molar-refractivity contribution is 0.547. The first-order valence-electron chi connectivity index (χ1n) is 6.70. The highest BCUT2D eigenvalue weighted by molar-refractivity contribution is 5.73. The summed E-state index contributed by atoms with van der Waals surface area (Å²) in [7, 11) is 0. The van der Waals surface area contributed by atoms with Gasteiger partial charge in [0.1, 0.15) is 5.83 Å². The van der Waals surface area contributed by atoms with Gasteiger partial charge in [0.2, 0.25) is 0 Å². The van der Waals surface area contributed by atoms with Crippen LogP contribution in [0.4, 0.5) is 4.39 Å². The third-order valence-corrected chi connectivity index (χ3v) is 3.70. The zero-order valence-electron chi connectivity index (χ0n) is 10.8. The van der Waals surface area contributed by atoms with Crippen LogP contribution in [0.2, 0.25) is 0 Å². The van der Waals surface area contributed by atoms with E-state index in [0.29, 0.717) is 12.3 Å². The summed E-state index contributed by atoms with van der Waals surface area (Å²) in [6.07, 6.45) is 4.89. The van der Waals surface area contributed by atoms with Crippen LogP contribution in [-0.4, -0.2) is 0 Å². The lowest BCUT2D eigenvalue weighted by Crippen LogP contribution is -2.09. The molecule has 92 valence electrons. The third kappa shape index (κ3) is 2.59. The molecule has 0 heterocycles. The van der Waals surface area contributed by atoms with Crippen molar-refractivity contribution in [2.45, 2.75) is 46.0 Å². The first-order valence-corrected chi connectivity index (χ1v) is 6.70. The van der Waals surface area contributed by atoms with Crippen LogP contribution >= 0.6 is 0 Å². The molecule has 1 unspecified atom stereocenters. The topological polar surface area (TPSA) is 0 Å². The summed E-state index contributed by atoms with van der Waals surface area (Å²) in [5.41, 5.74) is 3.44. The second-order valence-electron chi connectivity index (χ2n) is 5.02. The lowest BCUT2D eigenvalue weighted by atomic mass is 9.82. The molecule has 0 aliphatic heterocycles. The highest BCUT2D eigenvalue weighted by Gasteiger charge is 2.22. The van der Waals surface area contributed by atoms with Gasteiger partial charge in [0, 0.05) is 6.42 Å². The molecule has 0 nitrogen and oxygen atoms in total. The van der Waals surface area contributed by atoms with Crippen LogP contribution in [0.15, 0.2) is 30.1 Å². The molecule has 17 heavy (non-hydrogen) atoms. The molecule has 0 fully saturated rings. The van der Waals surface area contributed by atoms with Gasteiger partial charge in [-0.2, -0.15) is 0 Å². The van der Waals surface area contributed by atoms with E-state index in [2.05, 4.69) is 32.0 Å². The number of unbranched alkanes of at least 4 members (excludes halogenated alkanes) is 1. The first-order chi connectivity index (χ1) is 8.24. The van der Waals surface area contributed by atoms with Gasteiger partial charge in [0.25, 0.3) is 0 Å². The van der Waals surface area contributed by atoms with E-state index in [9.17, 15) is 4.39 Å². The molecule has 1 aromatic rings. The van der Waals surface area contributed by atoms with Crippen molar-refractivity contribution in [3.63, 3.8) is 0 Å². The minimum Gasteiger partial charge on any atom is -0.211 e. The highest BCUT2D eigenvalue weighted by atomic mass is 19.1. The van der Waals surface area contributed by atoms with E-state index >= 15 is 0 Å². The van der Waals surface area contributed by atoms with E-state index in [1.54, 1.807) is 0 Å². The summed E-state index contributed by atoms with van der Waals surface area (Å²) in [6, 6.07) is 8.28. The lowest BCUT2D eigenvalue weighted by Gasteiger charge is -2.24. The highest BCUT2D eigenvalue weighted by Crippen LogP contribution is 2.38. The zero-order valence-corrected chi connectivity index (χ0v) is 10.8. The molecule has 0 spiro atoms. The zero-order chi connectivity index (χ0) is 12.3. The Kier molecular flexibility index (Phi) is 3.98. The fourth-order valence-corrected chi connectivity index (χ4v) is 2.71. The molecule has 0 radical (unpaired) electrons. The summed E-state index contributed by atoms with van der Waals surface area (Å²) < 4.78 is 14.1. The Labute approximate surface area is 104 Å². The van der Waals surface area contributed by atoms with Gasteiger partial charge in [0.15, 0.2) is 0 Å². The minimum absolute atomic E-state index is 0.118. The van der Waals surface area contributed by atoms with Gasteiger partial charge in [-0.25, -0.2) is 4.39 Å². The number of fused-ring (bicyclic) bond motifs is 1. The smallest absolute Gasteiger partial charge is 0.104 e. The quantitative estimate of drug-likeness (QED) is 0.674. The molecular weight excluding hydrogens is 211 g/mol. The normalized spacial score (nSPS) is 16.9. The predicted octanol–water partition coefficient (Wildman–Crippen LogP) is 5.14. The van der Waals surface area contributed by atoms with Crippen molar-refractivity contribution in [2.75, 3.05) is 0 Å². The van der Waals surface area contributed by atoms with E-state index in [-0.39, 0.29) is 5.83 Å². The predicted molar refractivity (Wildman–Crippen MR) is 71.5 cm³/mol. The molecule has 0 saturated heterocycles. The molecule has 0 N–H and O–H groups in total. The standard InChI is InChI=1S/C16H21F/c1-3-4-7-12(2)16-14-9-6-5-8-13(14)10-11-15(16)17/h5-6,8-9,12H,3-4,7,10-11H2,1-2H3. The van der Waals surface area contributed by atoms with Crippen molar-refractivity contribution >= 4 is 5.57 Å². The molecular formula is C16H21F. The average molecular weight is 232 g/mol. The van der Waals surface area contributed by atoms with Gasteiger partial charge in [-0.1, -0.05) is 51.0 Å². The summed E-state index contributed by atoms with van der Waals surface area (Å²) in [4.78, 5) is 0. The van der Waals surface area contributed by atoms with E-state index in [0.717, 1.165) is 24.0 Å². The Morgan fingerprint density at radius 2 is 2.00 bits per heavy atom. The van der Waals surface area contributed by atoms with Gasteiger partial charge in [-0.05, 0) is 35.5 Å². The van der Waals surface area contributed by atoms with Crippen LogP contribution in [0, 0.1) is 5.92 Å². The third-order valence-electron chi connectivity index (χ3n) is 3.70. The van der Waals surface area contributed by atoms with Gasteiger partial charge < -0.3 is 0 Å². The van der Waals surface area contributed by atoms with Gasteiger partial charge in [0.05, 0.1) is 0 Å². The molecule has 1 aliphatic carbocycles. The average Bonchev–Trinajstić information content (AvgIpc) is 2.35. The monoisotopic (exact) mass is 232 g/mol. The van der Waals surface area contributed by atoms with E-state index in [1.165, 1.54) is 18.4 Å². The number of hydrogen-bond acceptors (Lipinski definition) is 0. The van der Waals surface area contributed by atoms with Gasteiger partial charge in [-0.15, -0.1) is 0 Å².